The molecule has 2 rings (SSSR count). The molecule has 0 saturated heterocycles. The highest BCUT2D eigenvalue weighted by atomic mass is 35.5. The SMILES string of the molecule is Cc1ccc(NC(=O)COC(=O)Cc2ccc(Cl)c(Cl)c2)cc1Cl. The molecular weight excluding hydrogens is 373 g/mol. The van der Waals surface area contributed by atoms with Gasteiger partial charge in [-0.25, -0.2) is 0 Å². The maximum Gasteiger partial charge on any atom is 0.310 e. The topological polar surface area (TPSA) is 55.4 Å². The van der Waals surface area contributed by atoms with Gasteiger partial charge in [-0.15, -0.1) is 0 Å². The predicted molar refractivity (Wildman–Crippen MR) is 95.9 cm³/mol. The fourth-order valence-corrected chi connectivity index (χ4v) is 2.38. The Morgan fingerprint density at radius 3 is 2.42 bits per heavy atom. The lowest BCUT2D eigenvalue weighted by Crippen LogP contribution is -2.21. The number of rotatable bonds is 5. The second-order valence-corrected chi connectivity index (χ2v) is 6.32. The average Bonchev–Trinajstić information content (AvgIpc) is 2.53. The van der Waals surface area contributed by atoms with Crippen LogP contribution in [0.25, 0.3) is 0 Å². The van der Waals surface area contributed by atoms with Crippen LogP contribution in [0.2, 0.25) is 15.1 Å². The first-order chi connectivity index (χ1) is 11.3. The van der Waals surface area contributed by atoms with Crippen LogP contribution in [0, 0.1) is 6.92 Å². The normalized spacial score (nSPS) is 10.3. The molecular formula is C17H14Cl3NO3. The average molecular weight is 387 g/mol. The maximum atomic E-state index is 11.8. The van der Waals surface area contributed by atoms with E-state index in [4.69, 9.17) is 39.5 Å². The summed E-state index contributed by atoms with van der Waals surface area (Å²) in [6.45, 7) is 1.48. The summed E-state index contributed by atoms with van der Waals surface area (Å²) in [4.78, 5) is 23.6. The van der Waals surface area contributed by atoms with Crippen molar-refractivity contribution in [3.63, 3.8) is 0 Å². The number of esters is 1. The number of amides is 1. The summed E-state index contributed by atoms with van der Waals surface area (Å²) in [5.74, 6) is -0.983. The van der Waals surface area contributed by atoms with E-state index in [1.165, 1.54) is 0 Å². The van der Waals surface area contributed by atoms with Crippen molar-refractivity contribution in [3.05, 3.63) is 62.6 Å². The maximum absolute atomic E-state index is 11.8. The largest absolute Gasteiger partial charge is 0.455 e. The molecule has 126 valence electrons. The monoisotopic (exact) mass is 385 g/mol. The van der Waals surface area contributed by atoms with Crippen molar-refractivity contribution < 1.29 is 14.3 Å². The van der Waals surface area contributed by atoms with Crippen LogP contribution >= 0.6 is 34.8 Å². The van der Waals surface area contributed by atoms with E-state index in [0.717, 1.165) is 5.56 Å². The molecule has 0 fully saturated rings. The van der Waals surface area contributed by atoms with Gasteiger partial charge in [0.05, 0.1) is 16.5 Å². The highest BCUT2D eigenvalue weighted by Crippen LogP contribution is 2.23. The van der Waals surface area contributed by atoms with E-state index in [1.54, 1.807) is 36.4 Å². The molecule has 0 saturated carbocycles. The van der Waals surface area contributed by atoms with Crippen molar-refractivity contribution in [2.75, 3.05) is 11.9 Å². The van der Waals surface area contributed by atoms with E-state index in [-0.39, 0.29) is 13.0 Å². The van der Waals surface area contributed by atoms with Gasteiger partial charge in [0.15, 0.2) is 6.61 Å². The van der Waals surface area contributed by atoms with Crippen LogP contribution in [-0.4, -0.2) is 18.5 Å². The van der Waals surface area contributed by atoms with Crippen molar-refractivity contribution in [2.45, 2.75) is 13.3 Å². The Balaban J connectivity index is 1.83. The van der Waals surface area contributed by atoms with E-state index in [9.17, 15) is 9.59 Å². The van der Waals surface area contributed by atoms with Crippen LogP contribution in [0.4, 0.5) is 5.69 Å². The molecule has 0 heterocycles. The van der Waals surface area contributed by atoms with Gasteiger partial charge in [-0.05, 0) is 42.3 Å². The summed E-state index contributed by atoms with van der Waals surface area (Å²) in [6, 6.07) is 9.99. The first-order valence-corrected chi connectivity index (χ1v) is 8.14. The van der Waals surface area contributed by atoms with Gasteiger partial charge in [0, 0.05) is 10.7 Å². The molecule has 0 aromatic heterocycles. The van der Waals surface area contributed by atoms with Gasteiger partial charge in [-0.3, -0.25) is 9.59 Å². The van der Waals surface area contributed by atoms with E-state index in [2.05, 4.69) is 5.32 Å². The molecule has 0 bridgehead atoms. The van der Waals surface area contributed by atoms with Crippen molar-refractivity contribution in [3.8, 4) is 0 Å². The fourth-order valence-electron chi connectivity index (χ4n) is 1.88. The minimum atomic E-state index is -0.537. The van der Waals surface area contributed by atoms with Crippen molar-refractivity contribution in [1.29, 1.82) is 0 Å². The number of carbonyl (C=O) groups is 2. The number of halogens is 3. The molecule has 0 radical (unpaired) electrons. The zero-order chi connectivity index (χ0) is 17.7. The van der Waals surface area contributed by atoms with Gasteiger partial charge < -0.3 is 10.1 Å². The van der Waals surface area contributed by atoms with Gasteiger partial charge in [0.1, 0.15) is 0 Å². The number of anilines is 1. The molecule has 7 heteroatoms. The molecule has 2 aromatic carbocycles. The molecule has 1 amide bonds. The number of carbonyl (C=O) groups excluding carboxylic acids is 2. The smallest absolute Gasteiger partial charge is 0.310 e. The summed E-state index contributed by atoms with van der Waals surface area (Å²) < 4.78 is 4.94. The molecule has 0 unspecified atom stereocenters. The Morgan fingerprint density at radius 2 is 1.75 bits per heavy atom. The third-order valence-electron chi connectivity index (χ3n) is 3.15. The zero-order valence-corrected chi connectivity index (χ0v) is 15.0. The van der Waals surface area contributed by atoms with Crippen molar-refractivity contribution in [2.24, 2.45) is 0 Å². The predicted octanol–water partition coefficient (Wildman–Crippen LogP) is 4.68. The Morgan fingerprint density at radius 1 is 1.00 bits per heavy atom. The molecule has 0 spiro atoms. The van der Waals surface area contributed by atoms with Gasteiger partial charge >= 0.3 is 5.97 Å². The summed E-state index contributed by atoms with van der Waals surface area (Å²) in [7, 11) is 0. The third kappa shape index (κ3) is 5.41. The molecule has 4 nitrogen and oxygen atoms in total. The standard InChI is InChI=1S/C17H14Cl3NO3/c1-10-2-4-12(8-14(10)19)21-16(22)9-24-17(23)7-11-3-5-13(18)15(20)6-11/h2-6,8H,7,9H2,1H3,(H,21,22). The van der Waals surface area contributed by atoms with E-state index >= 15 is 0 Å². The summed E-state index contributed by atoms with van der Waals surface area (Å²) in [6.07, 6.45) is 0.000525. The lowest BCUT2D eigenvalue weighted by atomic mass is 10.1. The van der Waals surface area contributed by atoms with Crippen LogP contribution in [0.5, 0.6) is 0 Å². The number of nitrogens with one attached hydrogen (secondary N) is 1. The fraction of sp³-hybridized carbons (Fsp3) is 0.176. The zero-order valence-electron chi connectivity index (χ0n) is 12.7. The Labute approximate surface area is 154 Å². The number of ether oxygens (including phenoxy) is 1. The second kappa shape index (κ2) is 8.38. The van der Waals surface area contributed by atoms with Crippen LogP contribution in [0.15, 0.2) is 36.4 Å². The Kier molecular flexibility index (Phi) is 6.49. The number of hydrogen-bond donors (Lipinski definition) is 1. The quantitative estimate of drug-likeness (QED) is 0.759. The van der Waals surface area contributed by atoms with Crippen LogP contribution in [0.3, 0.4) is 0 Å². The summed E-state index contributed by atoms with van der Waals surface area (Å²) >= 11 is 17.7. The lowest BCUT2D eigenvalue weighted by molar-refractivity contribution is -0.146. The number of hydrogen-bond acceptors (Lipinski definition) is 3. The Bertz CT molecular complexity index is 712. The first kappa shape index (κ1) is 18.6. The highest BCUT2D eigenvalue weighted by molar-refractivity contribution is 6.42. The van der Waals surface area contributed by atoms with Crippen LogP contribution in [-0.2, 0) is 20.7 Å². The lowest BCUT2D eigenvalue weighted by Gasteiger charge is -2.08. The van der Waals surface area contributed by atoms with Gasteiger partial charge in [-0.2, -0.15) is 0 Å². The molecule has 1 N–H and O–H groups in total. The molecule has 2 aromatic rings. The second-order valence-electron chi connectivity index (χ2n) is 5.10. The van der Waals surface area contributed by atoms with Gasteiger partial charge in [0.25, 0.3) is 5.91 Å². The molecule has 0 aliphatic heterocycles. The van der Waals surface area contributed by atoms with E-state index in [0.29, 0.717) is 26.3 Å². The minimum Gasteiger partial charge on any atom is -0.455 e. The third-order valence-corrected chi connectivity index (χ3v) is 4.30. The Hall–Kier alpha value is -1.75. The molecule has 0 aliphatic rings. The van der Waals surface area contributed by atoms with Gasteiger partial charge in [0.2, 0.25) is 0 Å². The number of aryl methyl sites for hydroxylation is 1. The van der Waals surface area contributed by atoms with E-state index < -0.39 is 11.9 Å². The minimum absolute atomic E-state index is 0.000525. The number of benzene rings is 2. The van der Waals surface area contributed by atoms with Gasteiger partial charge in [-0.1, -0.05) is 46.9 Å². The summed E-state index contributed by atoms with van der Waals surface area (Å²) in [5, 5.41) is 3.92. The highest BCUT2D eigenvalue weighted by Gasteiger charge is 2.10. The van der Waals surface area contributed by atoms with E-state index in [1.807, 2.05) is 6.92 Å². The van der Waals surface area contributed by atoms with Crippen molar-refractivity contribution >= 4 is 52.4 Å². The van der Waals surface area contributed by atoms with Crippen molar-refractivity contribution in [1.82, 2.24) is 0 Å². The molecule has 0 atom stereocenters. The molecule has 24 heavy (non-hydrogen) atoms. The summed E-state index contributed by atoms with van der Waals surface area (Å²) in [5.41, 5.74) is 2.10. The molecule has 0 aliphatic carbocycles. The van der Waals surface area contributed by atoms with Crippen LogP contribution in [0.1, 0.15) is 11.1 Å². The van der Waals surface area contributed by atoms with Crippen LogP contribution < -0.4 is 5.32 Å². The first-order valence-electron chi connectivity index (χ1n) is 7.00.